The minimum atomic E-state index is -0.503. The summed E-state index contributed by atoms with van der Waals surface area (Å²) in [6.45, 7) is 7.40. The van der Waals surface area contributed by atoms with E-state index in [1.165, 1.54) is 10.5 Å². The summed E-state index contributed by atoms with van der Waals surface area (Å²) in [5.74, 6) is -0.202. The number of halogens is 1. The minimum Gasteiger partial charge on any atom is -0.494 e. The van der Waals surface area contributed by atoms with E-state index in [0.29, 0.717) is 35.8 Å². The Labute approximate surface area is 158 Å². The second-order valence-electron chi connectivity index (χ2n) is 7.42. The fourth-order valence-electron chi connectivity index (χ4n) is 2.96. The molecule has 5 heteroatoms. The molecule has 4 nitrogen and oxygen atoms in total. The Kier molecular flexibility index (Phi) is 5.05. The third-order valence-electron chi connectivity index (χ3n) is 4.45. The molecule has 0 bridgehead atoms. The van der Waals surface area contributed by atoms with E-state index in [2.05, 4.69) is 32.9 Å². The van der Waals surface area contributed by atoms with Gasteiger partial charge in [-0.25, -0.2) is 0 Å². The monoisotopic (exact) mass is 371 g/mol. The van der Waals surface area contributed by atoms with Gasteiger partial charge in [-0.05, 0) is 47.7 Å². The maximum absolute atomic E-state index is 12.2. The molecule has 0 radical (unpaired) electrons. The lowest BCUT2D eigenvalue weighted by molar-refractivity contribution is -0.114. The number of hydrogen-bond donors (Lipinski definition) is 0. The zero-order valence-corrected chi connectivity index (χ0v) is 16.0. The van der Waals surface area contributed by atoms with Crippen LogP contribution < -0.4 is 9.64 Å². The average Bonchev–Trinajstić information content (AvgIpc) is 2.82. The number of benzene rings is 2. The number of anilines is 1. The van der Waals surface area contributed by atoms with Crippen LogP contribution in [0.15, 0.2) is 42.5 Å². The predicted molar refractivity (Wildman–Crippen MR) is 103 cm³/mol. The van der Waals surface area contributed by atoms with Crippen molar-refractivity contribution in [1.82, 2.24) is 0 Å². The Bertz CT molecular complexity index is 837. The summed E-state index contributed by atoms with van der Waals surface area (Å²) in [6, 6.07) is 13.0. The number of Topliss-reactive ketones (excluding diaryl/α,β-unsaturated/α-hetero) is 1. The Hall–Kier alpha value is -2.33. The van der Waals surface area contributed by atoms with Gasteiger partial charge in [-0.3, -0.25) is 9.59 Å². The molecule has 3 rings (SSSR count). The normalized spacial score (nSPS) is 13.9. The predicted octanol–water partition coefficient (Wildman–Crippen LogP) is 4.64. The van der Waals surface area contributed by atoms with Crippen LogP contribution in [0.4, 0.5) is 5.69 Å². The van der Waals surface area contributed by atoms with Crippen molar-refractivity contribution in [3.05, 3.63) is 58.6 Å². The molecule has 2 aromatic carbocycles. The van der Waals surface area contributed by atoms with Gasteiger partial charge in [0.05, 0.1) is 17.9 Å². The Morgan fingerprint density at radius 1 is 1.04 bits per heavy atom. The second-order valence-corrected chi connectivity index (χ2v) is 7.86. The number of ketones is 1. The fraction of sp³-hybridized carbons (Fsp3) is 0.333. The molecular weight excluding hydrogens is 350 g/mol. The van der Waals surface area contributed by atoms with Gasteiger partial charge in [0.15, 0.2) is 0 Å². The first-order valence-corrected chi connectivity index (χ1v) is 9.04. The summed E-state index contributed by atoms with van der Waals surface area (Å²) in [7, 11) is 0. The van der Waals surface area contributed by atoms with Crippen LogP contribution in [-0.2, 0) is 10.2 Å². The van der Waals surface area contributed by atoms with E-state index >= 15 is 0 Å². The molecule has 0 atom stereocenters. The first kappa shape index (κ1) is 18.5. The quantitative estimate of drug-likeness (QED) is 0.568. The summed E-state index contributed by atoms with van der Waals surface area (Å²) in [5, 5.41) is 0.453. The lowest BCUT2D eigenvalue weighted by Crippen LogP contribution is -2.31. The van der Waals surface area contributed by atoms with Gasteiger partial charge >= 0.3 is 0 Å². The molecule has 1 heterocycles. The summed E-state index contributed by atoms with van der Waals surface area (Å²) in [6.07, 6.45) is 0.627. The van der Waals surface area contributed by atoms with Gasteiger partial charge in [0.2, 0.25) is 0 Å². The van der Waals surface area contributed by atoms with Crippen molar-refractivity contribution in [2.45, 2.75) is 32.6 Å². The van der Waals surface area contributed by atoms with Crippen LogP contribution in [-0.4, -0.2) is 24.8 Å². The largest absolute Gasteiger partial charge is 0.494 e. The molecule has 1 amide bonds. The molecule has 0 N–H and O–H groups in total. The van der Waals surface area contributed by atoms with Gasteiger partial charge < -0.3 is 9.64 Å². The van der Waals surface area contributed by atoms with Crippen molar-refractivity contribution in [2.75, 3.05) is 18.1 Å². The average molecular weight is 372 g/mol. The van der Waals surface area contributed by atoms with Crippen molar-refractivity contribution in [3.63, 3.8) is 0 Å². The molecule has 0 unspecified atom stereocenters. The van der Waals surface area contributed by atoms with Gasteiger partial charge in [-0.15, -0.1) is 0 Å². The van der Waals surface area contributed by atoms with E-state index in [1.807, 2.05) is 12.1 Å². The highest BCUT2D eigenvalue weighted by Gasteiger charge is 2.35. The number of carbonyl (C=O) groups excluding carboxylic acids is 2. The van der Waals surface area contributed by atoms with E-state index in [1.54, 1.807) is 18.2 Å². The van der Waals surface area contributed by atoms with E-state index in [0.717, 1.165) is 5.75 Å². The number of carbonyl (C=O) groups is 2. The molecule has 2 aromatic rings. The Morgan fingerprint density at radius 3 is 2.38 bits per heavy atom. The number of amides is 1. The fourth-order valence-corrected chi connectivity index (χ4v) is 3.13. The topological polar surface area (TPSA) is 46.6 Å². The highest BCUT2D eigenvalue weighted by Crippen LogP contribution is 2.31. The van der Waals surface area contributed by atoms with Crippen molar-refractivity contribution < 1.29 is 14.3 Å². The summed E-state index contributed by atoms with van der Waals surface area (Å²) in [4.78, 5) is 25.7. The minimum absolute atomic E-state index is 0.109. The lowest BCUT2D eigenvalue weighted by Gasteiger charge is -2.19. The number of rotatable bonds is 5. The molecular formula is C21H22ClNO3. The second kappa shape index (κ2) is 7.12. The SMILES string of the molecule is CC(C)(C)c1ccc(OCCCN2C(=O)C(=O)c3cc(Cl)ccc32)cc1. The number of fused-ring (bicyclic) bond motifs is 1. The van der Waals surface area contributed by atoms with E-state index in [-0.39, 0.29) is 5.41 Å². The molecule has 0 spiro atoms. The van der Waals surface area contributed by atoms with Crippen molar-refractivity contribution in [1.29, 1.82) is 0 Å². The van der Waals surface area contributed by atoms with Crippen LogP contribution in [0.25, 0.3) is 0 Å². The molecule has 0 saturated heterocycles. The standard InChI is InChI=1S/C21H22ClNO3/c1-21(2,3)14-5-8-16(9-6-14)26-12-4-11-23-18-10-7-15(22)13-17(18)19(24)20(23)25/h5-10,13H,4,11-12H2,1-3H3. The number of ether oxygens (including phenoxy) is 1. The van der Waals surface area contributed by atoms with E-state index < -0.39 is 11.7 Å². The molecule has 1 aliphatic rings. The first-order valence-electron chi connectivity index (χ1n) is 8.66. The van der Waals surface area contributed by atoms with E-state index in [4.69, 9.17) is 16.3 Å². The first-order chi connectivity index (χ1) is 12.3. The van der Waals surface area contributed by atoms with Crippen LogP contribution in [0.1, 0.15) is 43.1 Å². The summed E-state index contributed by atoms with van der Waals surface area (Å²) < 4.78 is 5.76. The van der Waals surface area contributed by atoms with Crippen LogP contribution in [0.3, 0.4) is 0 Å². The van der Waals surface area contributed by atoms with Crippen LogP contribution in [0.5, 0.6) is 5.75 Å². The van der Waals surface area contributed by atoms with Crippen LogP contribution >= 0.6 is 11.6 Å². The molecule has 136 valence electrons. The zero-order chi connectivity index (χ0) is 18.9. The third kappa shape index (κ3) is 3.75. The van der Waals surface area contributed by atoms with Gasteiger partial charge in [0.1, 0.15) is 5.75 Å². The van der Waals surface area contributed by atoms with Crippen LogP contribution in [0.2, 0.25) is 5.02 Å². The van der Waals surface area contributed by atoms with Gasteiger partial charge in [0.25, 0.3) is 11.7 Å². The maximum atomic E-state index is 12.2. The van der Waals surface area contributed by atoms with Crippen LogP contribution in [0, 0.1) is 0 Å². The van der Waals surface area contributed by atoms with Crippen molar-refractivity contribution in [2.24, 2.45) is 0 Å². The van der Waals surface area contributed by atoms with E-state index in [9.17, 15) is 9.59 Å². The van der Waals surface area contributed by atoms with Crippen molar-refractivity contribution in [3.8, 4) is 5.75 Å². The number of nitrogens with zero attached hydrogens (tertiary/aromatic N) is 1. The van der Waals surface area contributed by atoms with Crippen molar-refractivity contribution >= 4 is 29.0 Å². The number of hydrogen-bond acceptors (Lipinski definition) is 3. The molecule has 0 aromatic heterocycles. The smallest absolute Gasteiger partial charge is 0.299 e. The van der Waals surface area contributed by atoms with Gasteiger partial charge in [-0.1, -0.05) is 44.5 Å². The lowest BCUT2D eigenvalue weighted by atomic mass is 9.87. The van der Waals surface area contributed by atoms with Gasteiger partial charge in [-0.2, -0.15) is 0 Å². The molecule has 0 saturated carbocycles. The molecule has 26 heavy (non-hydrogen) atoms. The highest BCUT2D eigenvalue weighted by atomic mass is 35.5. The summed E-state index contributed by atoms with van der Waals surface area (Å²) in [5.41, 5.74) is 2.36. The zero-order valence-electron chi connectivity index (χ0n) is 15.2. The maximum Gasteiger partial charge on any atom is 0.299 e. The highest BCUT2D eigenvalue weighted by molar-refractivity contribution is 6.52. The molecule has 0 aliphatic carbocycles. The third-order valence-corrected chi connectivity index (χ3v) is 4.68. The Balaban J connectivity index is 1.56. The summed E-state index contributed by atoms with van der Waals surface area (Å²) >= 11 is 5.92. The Morgan fingerprint density at radius 2 is 1.73 bits per heavy atom. The van der Waals surface area contributed by atoms with Gasteiger partial charge in [0, 0.05) is 11.6 Å². The molecule has 1 aliphatic heterocycles. The molecule has 0 fully saturated rings.